The maximum Gasteiger partial charge on any atom is 0.416 e. The number of barbiturate groups is 1. The van der Waals surface area contributed by atoms with Crippen molar-refractivity contribution in [2.45, 2.75) is 6.18 Å². The minimum atomic E-state index is -4.71. The molecule has 0 spiro atoms. The van der Waals surface area contributed by atoms with Crippen molar-refractivity contribution < 1.29 is 42.2 Å². The van der Waals surface area contributed by atoms with Crippen LogP contribution in [0.1, 0.15) is 11.1 Å². The molecule has 1 aliphatic rings. The Bertz CT molecular complexity index is 1110. The molecule has 31 heavy (non-hydrogen) atoms. The summed E-state index contributed by atoms with van der Waals surface area (Å²) in [5, 5.41) is 10.7. The number of carbonyl (C=O) groups excluding carboxylic acids is 3. The fourth-order valence-electron chi connectivity index (χ4n) is 2.74. The summed E-state index contributed by atoms with van der Waals surface area (Å²) in [5.41, 5.74) is -1.87. The van der Waals surface area contributed by atoms with Gasteiger partial charge in [-0.15, -0.1) is 0 Å². The van der Waals surface area contributed by atoms with Gasteiger partial charge in [-0.3, -0.25) is 14.9 Å². The number of ether oxygens (including phenoxy) is 1. The Balaban J connectivity index is 2.01. The molecule has 4 amide bonds. The number of urea groups is 1. The summed E-state index contributed by atoms with van der Waals surface area (Å²) in [4.78, 5) is 48.4. The van der Waals surface area contributed by atoms with Crippen LogP contribution < -0.4 is 15.0 Å². The first-order chi connectivity index (χ1) is 14.6. The Hall–Kier alpha value is -4.15. The predicted molar refractivity (Wildman–Crippen MR) is 100 cm³/mol. The van der Waals surface area contributed by atoms with Crippen molar-refractivity contribution in [3.8, 4) is 5.75 Å². The molecule has 0 aliphatic carbocycles. The number of nitrogens with one attached hydrogen (secondary N) is 1. The van der Waals surface area contributed by atoms with Crippen LogP contribution >= 0.6 is 0 Å². The lowest BCUT2D eigenvalue weighted by atomic mass is 10.1. The van der Waals surface area contributed by atoms with Crippen molar-refractivity contribution in [1.82, 2.24) is 5.32 Å². The molecular weight excluding hydrogens is 421 g/mol. The highest BCUT2D eigenvalue weighted by molar-refractivity contribution is 6.39. The normalized spacial score (nSPS) is 15.8. The number of para-hydroxylation sites is 1. The second-order valence-electron chi connectivity index (χ2n) is 6.23. The van der Waals surface area contributed by atoms with E-state index in [1.165, 1.54) is 24.3 Å². The first-order valence-corrected chi connectivity index (χ1v) is 8.60. The smallest absolute Gasteiger partial charge is 0.416 e. The summed E-state index contributed by atoms with van der Waals surface area (Å²) in [6.07, 6.45) is -3.65. The van der Waals surface area contributed by atoms with E-state index in [1.807, 2.05) is 5.32 Å². The Morgan fingerprint density at radius 2 is 1.81 bits per heavy atom. The van der Waals surface area contributed by atoms with Crippen LogP contribution in [0.2, 0.25) is 0 Å². The fraction of sp³-hybridized carbons (Fsp3) is 0.100. The maximum absolute atomic E-state index is 13.0. The lowest BCUT2D eigenvalue weighted by Gasteiger charge is -2.27. The first-order valence-electron chi connectivity index (χ1n) is 8.60. The molecule has 1 aliphatic heterocycles. The predicted octanol–water partition coefficient (Wildman–Crippen LogP) is 2.84. The minimum absolute atomic E-state index is 0.0421. The van der Waals surface area contributed by atoms with Gasteiger partial charge in [0.15, 0.2) is 6.61 Å². The summed E-state index contributed by atoms with van der Waals surface area (Å²) in [5.74, 6) is -3.43. The summed E-state index contributed by atoms with van der Waals surface area (Å²) >= 11 is 0. The van der Waals surface area contributed by atoms with Gasteiger partial charge in [0.2, 0.25) is 0 Å². The lowest BCUT2D eigenvalue weighted by Crippen LogP contribution is -2.54. The van der Waals surface area contributed by atoms with Crippen molar-refractivity contribution >= 4 is 35.6 Å². The van der Waals surface area contributed by atoms with Crippen molar-refractivity contribution in [3.05, 3.63) is 65.2 Å². The van der Waals surface area contributed by atoms with Gasteiger partial charge < -0.3 is 9.84 Å². The van der Waals surface area contributed by atoms with Gasteiger partial charge >= 0.3 is 18.2 Å². The Morgan fingerprint density at radius 3 is 2.48 bits per heavy atom. The second-order valence-corrected chi connectivity index (χ2v) is 6.23. The quantitative estimate of drug-likeness (QED) is 0.553. The highest BCUT2D eigenvalue weighted by Crippen LogP contribution is 2.33. The number of imide groups is 2. The molecule has 8 nitrogen and oxygen atoms in total. The van der Waals surface area contributed by atoms with E-state index >= 15 is 0 Å². The number of anilines is 1. The second kappa shape index (κ2) is 8.30. The number of hydrogen-bond acceptors (Lipinski definition) is 5. The number of aliphatic carboxylic acids is 1. The SMILES string of the molecule is O=C(O)COc1ccccc1C=C1C(=O)NC(=O)N(c2cccc(C(F)(F)F)c2)C1=O. The molecule has 2 N–H and O–H groups in total. The third-order valence-corrected chi connectivity index (χ3v) is 4.10. The lowest BCUT2D eigenvalue weighted by molar-refractivity contribution is -0.139. The molecule has 0 bridgehead atoms. The van der Waals surface area contributed by atoms with Gasteiger partial charge in [0.25, 0.3) is 11.8 Å². The average molecular weight is 434 g/mol. The topological polar surface area (TPSA) is 113 Å². The summed E-state index contributed by atoms with van der Waals surface area (Å²) < 4.78 is 44.1. The number of carbonyl (C=O) groups is 4. The summed E-state index contributed by atoms with van der Waals surface area (Å²) in [6.45, 7) is -0.685. The van der Waals surface area contributed by atoms with Gasteiger partial charge in [0.1, 0.15) is 11.3 Å². The Labute approximate surface area is 172 Å². The number of alkyl halides is 3. The van der Waals surface area contributed by atoms with E-state index in [-0.39, 0.29) is 17.0 Å². The maximum atomic E-state index is 13.0. The van der Waals surface area contributed by atoms with Crippen LogP contribution in [0.25, 0.3) is 6.08 Å². The number of amides is 4. The molecule has 2 aromatic rings. The fourth-order valence-corrected chi connectivity index (χ4v) is 2.74. The van der Waals surface area contributed by atoms with E-state index in [2.05, 4.69) is 0 Å². The zero-order chi connectivity index (χ0) is 22.8. The molecule has 1 saturated heterocycles. The molecule has 0 unspecified atom stereocenters. The van der Waals surface area contributed by atoms with Crippen LogP contribution in [0.15, 0.2) is 54.1 Å². The number of rotatable bonds is 5. The van der Waals surface area contributed by atoms with Crippen LogP contribution in [0, 0.1) is 0 Å². The van der Waals surface area contributed by atoms with Crippen LogP contribution in [-0.4, -0.2) is 35.5 Å². The zero-order valence-electron chi connectivity index (χ0n) is 15.5. The molecule has 1 fully saturated rings. The highest BCUT2D eigenvalue weighted by atomic mass is 19.4. The van der Waals surface area contributed by atoms with Gasteiger partial charge in [-0.25, -0.2) is 14.5 Å². The van der Waals surface area contributed by atoms with Crippen molar-refractivity contribution in [3.63, 3.8) is 0 Å². The van der Waals surface area contributed by atoms with Crippen LogP contribution in [0.4, 0.5) is 23.7 Å². The number of nitrogens with zero attached hydrogens (tertiary/aromatic N) is 1. The van der Waals surface area contributed by atoms with E-state index in [9.17, 15) is 32.3 Å². The number of carboxylic acids is 1. The number of benzene rings is 2. The van der Waals surface area contributed by atoms with Gasteiger partial charge in [-0.05, 0) is 30.3 Å². The number of halogens is 3. The summed E-state index contributed by atoms with van der Waals surface area (Å²) in [6, 6.07) is 8.19. The van der Waals surface area contributed by atoms with E-state index < -0.39 is 47.7 Å². The van der Waals surface area contributed by atoms with Gasteiger partial charge in [0.05, 0.1) is 11.3 Å². The molecule has 3 rings (SSSR count). The van der Waals surface area contributed by atoms with Gasteiger partial charge in [-0.1, -0.05) is 24.3 Å². The molecule has 0 aromatic heterocycles. The largest absolute Gasteiger partial charge is 0.481 e. The third kappa shape index (κ3) is 4.71. The highest BCUT2D eigenvalue weighted by Gasteiger charge is 2.38. The zero-order valence-corrected chi connectivity index (χ0v) is 15.5. The molecular formula is C20H13F3N2O6. The monoisotopic (exact) mass is 434 g/mol. The van der Waals surface area contributed by atoms with E-state index in [1.54, 1.807) is 0 Å². The standard InChI is InChI=1S/C20H13F3N2O6/c21-20(22,23)12-5-3-6-13(9-12)25-18(29)14(17(28)24-19(25)30)8-11-4-1-2-7-15(11)31-10-16(26)27/h1-9H,10H2,(H,26,27)(H,24,28,30). The molecule has 2 aromatic carbocycles. The van der Waals surface area contributed by atoms with Crippen molar-refractivity contribution in [2.24, 2.45) is 0 Å². The van der Waals surface area contributed by atoms with Crippen LogP contribution in [0.3, 0.4) is 0 Å². The molecule has 11 heteroatoms. The Kier molecular flexibility index (Phi) is 5.77. The number of carboxylic acid groups (broad SMARTS) is 1. The Morgan fingerprint density at radius 1 is 1.10 bits per heavy atom. The minimum Gasteiger partial charge on any atom is -0.481 e. The molecule has 0 atom stereocenters. The van der Waals surface area contributed by atoms with E-state index in [0.717, 1.165) is 24.3 Å². The van der Waals surface area contributed by atoms with Crippen LogP contribution in [0.5, 0.6) is 5.75 Å². The van der Waals surface area contributed by atoms with Crippen molar-refractivity contribution in [1.29, 1.82) is 0 Å². The first kappa shape index (κ1) is 21.6. The van der Waals surface area contributed by atoms with E-state index in [0.29, 0.717) is 11.0 Å². The molecule has 1 heterocycles. The average Bonchev–Trinajstić information content (AvgIpc) is 2.69. The van der Waals surface area contributed by atoms with Gasteiger partial charge in [-0.2, -0.15) is 13.2 Å². The number of hydrogen-bond donors (Lipinski definition) is 2. The molecule has 160 valence electrons. The third-order valence-electron chi connectivity index (χ3n) is 4.10. The summed E-state index contributed by atoms with van der Waals surface area (Å²) in [7, 11) is 0. The molecule has 0 radical (unpaired) electrons. The van der Waals surface area contributed by atoms with E-state index in [4.69, 9.17) is 9.84 Å². The van der Waals surface area contributed by atoms with Crippen molar-refractivity contribution in [2.75, 3.05) is 11.5 Å². The molecule has 0 saturated carbocycles. The van der Waals surface area contributed by atoms with Gasteiger partial charge in [0, 0.05) is 5.56 Å². The van der Waals surface area contributed by atoms with Crippen LogP contribution in [-0.2, 0) is 20.6 Å².